The number of morpholine rings is 1. The van der Waals surface area contributed by atoms with E-state index in [-0.39, 0.29) is 11.9 Å². The van der Waals surface area contributed by atoms with Crippen LogP contribution in [-0.2, 0) is 9.53 Å². The quantitative estimate of drug-likeness (QED) is 0.725. The van der Waals surface area contributed by atoms with Gasteiger partial charge in [0.15, 0.2) is 11.5 Å². The Morgan fingerprint density at radius 2 is 2.00 bits per heavy atom. The van der Waals surface area contributed by atoms with Gasteiger partial charge in [0.1, 0.15) is 0 Å². The second kappa shape index (κ2) is 10.2. The fraction of sp³-hybridized carbons (Fsp3) is 0.611. The van der Waals surface area contributed by atoms with Crippen LogP contribution in [0.4, 0.5) is 5.69 Å². The van der Waals surface area contributed by atoms with Gasteiger partial charge in [-0.25, -0.2) is 0 Å². The summed E-state index contributed by atoms with van der Waals surface area (Å²) >= 11 is 0. The number of nitrogens with one attached hydrogen (secondary N) is 2. The van der Waals surface area contributed by atoms with Gasteiger partial charge in [-0.2, -0.15) is 0 Å². The summed E-state index contributed by atoms with van der Waals surface area (Å²) in [6, 6.07) is 5.58. The third-order valence-electron chi connectivity index (χ3n) is 3.58. The van der Waals surface area contributed by atoms with Crippen LogP contribution in [0.1, 0.15) is 33.1 Å². The Kier molecular flexibility index (Phi) is 7.85. The fourth-order valence-electron chi connectivity index (χ4n) is 2.43. The number of anilines is 1. The lowest BCUT2D eigenvalue weighted by Gasteiger charge is -2.23. The van der Waals surface area contributed by atoms with Crippen LogP contribution in [-0.4, -0.2) is 44.9 Å². The molecule has 1 aliphatic heterocycles. The highest BCUT2D eigenvalue weighted by molar-refractivity contribution is 5.91. The maximum Gasteiger partial charge on any atom is 0.226 e. The Labute approximate surface area is 143 Å². The van der Waals surface area contributed by atoms with Crippen LogP contribution in [0.15, 0.2) is 18.2 Å². The largest absolute Gasteiger partial charge is 0.490 e. The Balaban J connectivity index is 1.96. The number of ether oxygens (including phenoxy) is 3. The monoisotopic (exact) mass is 336 g/mol. The lowest BCUT2D eigenvalue weighted by Crippen LogP contribution is -2.43. The average Bonchev–Trinajstić information content (AvgIpc) is 2.60. The van der Waals surface area contributed by atoms with Crippen LogP contribution in [0.3, 0.4) is 0 Å². The number of hydrogen-bond acceptors (Lipinski definition) is 5. The predicted molar refractivity (Wildman–Crippen MR) is 93.9 cm³/mol. The van der Waals surface area contributed by atoms with E-state index in [9.17, 15) is 4.79 Å². The summed E-state index contributed by atoms with van der Waals surface area (Å²) in [5, 5.41) is 6.20. The number of carbonyl (C=O) groups excluding carboxylic acids is 1. The third kappa shape index (κ3) is 6.02. The van der Waals surface area contributed by atoms with E-state index in [2.05, 4.69) is 24.5 Å². The molecule has 0 aliphatic carbocycles. The van der Waals surface area contributed by atoms with Crippen molar-refractivity contribution in [3.05, 3.63) is 18.2 Å². The van der Waals surface area contributed by atoms with Crippen molar-refractivity contribution in [2.75, 3.05) is 38.3 Å². The number of rotatable bonds is 9. The van der Waals surface area contributed by atoms with Crippen LogP contribution in [0.2, 0.25) is 0 Å². The smallest absolute Gasteiger partial charge is 0.226 e. The van der Waals surface area contributed by atoms with Gasteiger partial charge in [-0.15, -0.1) is 0 Å². The molecule has 1 unspecified atom stereocenters. The van der Waals surface area contributed by atoms with Gasteiger partial charge < -0.3 is 24.8 Å². The molecule has 134 valence electrons. The molecule has 0 radical (unpaired) electrons. The van der Waals surface area contributed by atoms with Crippen molar-refractivity contribution in [1.29, 1.82) is 0 Å². The minimum Gasteiger partial charge on any atom is -0.490 e. The normalized spacial score (nSPS) is 17.3. The third-order valence-corrected chi connectivity index (χ3v) is 3.58. The summed E-state index contributed by atoms with van der Waals surface area (Å²) in [5.41, 5.74) is 0.715. The lowest BCUT2D eigenvalue weighted by atomic mass is 10.2. The van der Waals surface area contributed by atoms with Gasteiger partial charge in [-0.05, 0) is 25.0 Å². The van der Waals surface area contributed by atoms with E-state index in [4.69, 9.17) is 14.2 Å². The Morgan fingerprint density at radius 1 is 1.25 bits per heavy atom. The average molecular weight is 336 g/mol. The van der Waals surface area contributed by atoms with Crippen molar-refractivity contribution in [1.82, 2.24) is 5.32 Å². The maximum absolute atomic E-state index is 12.2. The summed E-state index contributed by atoms with van der Waals surface area (Å²) in [6.45, 7) is 7.43. The summed E-state index contributed by atoms with van der Waals surface area (Å²) in [4.78, 5) is 12.2. The van der Waals surface area contributed by atoms with Gasteiger partial charge in [0, 0.05) is 30.8 Å². The molecular formula is C18H28N2O4. The SMILES string of the molecule is CCCOc1ccc(NC(=O)CC2COCCN2)cc1OCCC. The highest BCUT2D eigenvalue weighted by Crippen LogP contribution is 2.31. The summed E-state index contributed by atoms with van der Waals surface area (Å²) < 4.78 is 16.8. The van der Waals surface area contributed by atoms with Crippen LogP contribution < -0.4 is 20.1 Å². The van der Waals surface area contributed by atoms with Crippen LogP contribution >= 0.6 is 0 Å². The molecule has 1 aliphatic rings. The van der Waals surface area contributed by atoms with E-state index in [0.29, 0.717) is 50.0 Å². The molecule has 0 spiro atoms. The van der Waals surface area contributed by atoms with Gasteiger partial charge in [0.05, 0.1) is 26.4 Å². The van der Waals surface area contributed by atoms with E-state index in [1.165, 1.54) is 0 Å². The summed E-state index contributed by atoms with van der Waals surface area (Å²) in [5.74, 6) is 1.34. The molecule has 1 aromatic rings. The zero-order valence-corrected chi connectivity index (χ0v) is 14.6. The van der Waals surface area contributed by atoms with Gasteiger partial charge in [-0.3, -0.25) is 4.79 Å². The topological polar surface area (TPSA) is 68.8 Å². The first-order valence-electron chi connectivity index (χ1n) is 8.73. The molecule has 24 heavy (non-hydrogen) atoms. The van der Waals surface area contributed by atoms with E-state index < -0.39 is 0 Å². The van der Waals surface area contributed by atoms with Crippen molar-refractivity contribution < 1.29 is 19.0 Å². The fourth-order valence-corrected chi connectivity index (χ4v) is 2.43. The summed E-state index contributed by atoms with van der Waals surface area (Å²) in [6.07, 6.45) is 2.23. The van der Waals surface area contributed by atoms with Crippen molar-refractivity contribution in [2.24, 2.45) is 0 Å². The molecule has 1 amide bonds. The van der Waals surface area contributed by atoms with Crippen molar-refractivity contribution in [2.45, 2.75) is 39.2 Å². The second-order valence-electron chi connectivity index (χ2n) is 5.84. The molecule has 0 aromatic heterocycles. The van der Waals surface area contributed by atoms with E-state index in [1.807, 2.05) is 18.2 Å². The summed E-state index contributed by atoms with van der Waals surface area (Å²) in [7, 11) is 0. The molecule has 1 aromatic carbocycles. The zero-order chi connectivity index (χ0) is 17.2. The van der Waals surface area contributed by atoms with Gasteiger partial charge in [0.2, 0.25) is 5.91 Å². The second-order valence-corrected chi connectivity index (χ2v) is 5.84. The van der Waals surface area contributed by atoms with E-state index in [1.54, 1.807) is 0 Å². The number of benzene rings is 1. The molecule has 6 nitrogen and oxygen atoms in total. The lowest BCUT2D eigenvalue weighted by molar-refractivity contribution is -0.117. The van der Waals surface area contributed by atoms with Crippen molar-refractivity contribution >= 4 is 11.6 Å². The first-order chi connectivity index (χ1) is 11.7. The number of hydrogen-bond donors (Lipinski definition) is 2. The zero-order valence-electron chi connectivity index (χ0n) is 14.6. The highest BCUT2D eigenvalue weighted by Gasteiger charge is 2.17. The molecule has 1 heterocycles. The van der Waals surface area contributed by atoms with Gasteiger partial charge in [-0.1, -0.05) is 13.8 Å². The van der Waals surface area contributed by atoms with Crippen LogP contribution in [0, 0.1) is 0 Å². The molecule has 2 rings (SSSR count). The van der Waals surface area contributed by atoms with Crippen LogP contribution in [0.5, 0.6) is 11.5 Å². The van der Waals surface area contributed by atoms with E-state index >= 15 is 0 Å². The van der Waals surface area contributed by atoms with Crippen molar-refractivity contribution in [3.8, 4) is 11.5 Å². The number of amides is 1. The highest BCUT2D eigenvalue weighted by atomic mass is 16.5. The Hall–Kier alpha value is -1.79. The minimum atomic E-state index is -0.0401. The molecule has 0 bridgehead atoms. The van der Waals surface area contributed by atoms with Gasteiger partial charge in [0.25, 0.3) is 0 Å². The van der Waals surface area contributed by atoms with Crippen molar-refractivity contribution in [3.63, 3.8) is 0 Å². The Morgan fingerprint density at radius 3 is 2.67 bits per heavy atom. The maximum atomic E-state index is 12.2. The van der Waals surface area contributed by atoms with Gasteiger partial charge >= 0.3 is 0 Å². The first kappa shape index (κ1) is 18.5. The first-order valence-corrected chi connectivity index (χ1v) is 8.73. The molecule has 1 saturated heterocycles. The van der Waals surface area contributed by atoms with E-state index in [0.717, 1.165) is 19.4 Å². The molecular weight excluding hydrogens is 308 g/mol. The molecule has 1 atom stereocenters. The minimum absolute atomic E-state index is 0.0401. The number of carbonyl (C=O) groups is 1. The standard InChI is InChI=1S/C18H28N2O4/c1-3-8-23-16-6-5-14(11-17(16)24-9-4-2)20-18(21)12-15-13-22-10-7-19-15/h5-6,11,15,19H,3-4,7-10,12-13H2,1-2H3,(H,20,21). The van der Waals surface area contributed by atoms with Crippen LogP contribution in [0.25, 0.3) is 0 Å². The molecule has 2 N–H and O–H groups in total. The Bertz CT molecular complexity index is 516. The predicted octanol–water partition coefficient (Wildman–Crippen LogP) is 2.58. The molecule has 6 heteroatoms. The molecule has 1 fully saturated rings. The molecule has 0 saturated carbocycles.